The highest BCUT2D eigenvalue weighted by molar-refractivity contribution is 4.90. The van der Waals surface area contributed by atoms with Gasteiger partial charge in [-0.2, -0.15) is 18.4 Å². The summed E-state index contributed by atoms with van der Waals surface area (Å²) in [5, 5.41) is 8.41. The molecular weight excluding hydrogens is 205 g/mol. The third kappa shape index (κ3) is 5.63. The van der Waals surface area contributed by atoms with E-state index < -0.39 is 12.1 Å². The van der Waals surface area contributed by atoms with E-state index in [0.29, 0.717) is 12.5 Å². The zero-order valence-corrected chi connectivity index (χ0v) is 9.30. The summed E-state index contributed by atoms with van der Waals surface area (Å²) in [6, 6.07) is 1.30. The maximum Gasteiger partial charge on any atom is 0.405 e. The van der Waals surface area contributed by atoms with Crippen LogP contribution in [0.4, 0.5) is 13.2 Å². The van der Waals surface area contributed by atoms with Crippen molar-refractivity contribution in [3.05, 3.63) is 0 Å². The van der Waals surface area contributed by atoms with Gasteiger partial charge in [0.1, 0.15) is 0 Å². The van der Waals surface area contributed by atoms with E-state index in [2.05, 4.69) is 0 Å². The van der Waals surface area contributed by atoms with Gasteiger partial charge in [0.15, 0.2) is 5.92 Å². The first-order valence-corrected chi connectivity index (χ1v) is 4.96. The molecule has 0 aromatic rings. The molecule has 2 unspecified atom stereocenters. The lowest BCUT2D eigenvalue weighted by Crippen LogP contribution is -2.35. The lowest BCUT2D eigenvalue weighted by atomic mass is 10.1. The van der Waals surface area contributed by atoms with E-state index in [0.717, 1.165) is 6.42 Å². The highest BCUT2D eigenvalue weighted by atomic mass is 19.4. The topological polar surface area (TPSA) is 27.0 Å². The Morgan fingerprint density at radius 2 is 1.87 bits per heavy atom. The predicted molar refractivity (Wildman–Crippen MR) is 52.1 cm³/mol. The largest absolute Gasteiger partial charge is 0.405 e. The van der Waals surface area contributed by atoms with Gasteiger partial charge in [0, 0.05) is 13.1 Å². The molecule has 0 aliphatic heterocycles. The molecule has 15 heavy (non-hydrogen) atoms. The van der Waals surface area contributed by atoms with E-state index in [1.807, 2.05) is 13.8 Å². The van der Waals surface area contributed by atoms with Gasteiger partial charge in [0.2, 0.25) is 0 Å². The lowest BCUT2D eigenvalue weighted by Gasteiger charge is -2.23. The van der Waals surface area contributed by atoms with Crippen molar-refractivity contribution >= 4 is 0 Å². The maximum absolute atomic E-state index is 12.3. The van der Waals surface area contributed by atoms with Crippen LogP contribution in [0.1, 0.15) is 20.3 Å². The van der Waals surface area contributed by atoms with Gasteiger partial charge in [-0.15, -0.1) is 0 Å². The van der Waals surface area contributed by atoms with Crippen LogP contribution in [-0.4, -0.2) is 31.2 Å². The second-order valence-corrected chi connectivity index (χ2v) is 3.96. The number of alkyl halides is 3. The fraction of sp³-hybridized carbons (Fsp3) is 0.900. The normalized spacial score (nSPS) is 16.1. The first kappa shape index (κ1) is 14.2. The molecule has 0 bridgehead atoms. The van der Waals surface area contributed by atoms with Gasteiger partial charge in [0.05, 0.1) is 6.07 Å². The zero-order valence-electron chi connectivity index (χ0n) is 9.30. The molecule has 0 amide bonds. The van der Waals surface area contributed by atoms with E-state index in [-0.39, 0.29) is 6.54 Å². The SMILES string of the molecule is CCC(C)CN(C)CC(C#N)C(F)(F)F. The van der Waals surface area contributed by atoms with E-state index in [1.54, 1.807) is 11.9 Å². The Labute approximate surface area is 88.7 Å². The van der Waals surface area contributed by atoms with Crippen molar-refractivity contribution in [2.75, 3.05) is 20.1 Å². The van der Waals surface area contributed by atoms with Crippen LogP contribution in [0.15, 0.2) is 0 Å². The van der Waals surface area contributed by atoms with Crippen molar-refractivity contribution in [1.29, 1.82) is 5.26 Å². The maximum atomic E-state index is 12.3. The molecule has 88 valence electrons. The average Bonchev–Trinajstić information content (AvgIpc) is 2.12. The standard InChI is InChI=1S/C10H17F3N2/c1-4-8(2)6-15(3)7-9(5-14)10(11,12)13/h8-9H,4,6-7H2,1-3H3. The number of nitriles is 1. The molecule has 0 heterocycles. The average molecular weight is 222 g/mol. The van der Waals surface area contributed by atoms with Crippen LogP contribution in [0.25, 0.3) is 0 Å². The second kappa shape index (κ2) is 5.96. The van der Waals surface area contributed by atoms with Crippen molar-refractivity contribution in [2.24, 2.45) is 11.8 Å². The summed E-state index contributed by atoms with van der Waals surface area (Å²) in [6.45, 7) is 4.31. The molecule has 0 fully saturated rings. The smallest absolute Gasteiger partial charge is 0.304 e. The fourth-order valence-corrected chi connectivity index (χ4v) is 1.26. The van der Waals surface area contributed by atoms with Crippen LogP contribution in [0.3, 0.4) is 0 Å². The number of rotatable bonds is 5. The Kier molecular flexibility index (Phi) is 5.66. The summed E-state index contributed by atoms with van der Waals surface area (Å²) in [6.07, 6.45) is -3.49. The first-order chi connectivity index (χ1) is 6.81. The van der Waals surface area contributed by atoms with Crippen LogP contribution >= 0.6 is 0 Å². The van der Waals surface area contributed by atoms with Crippen LogP contribution in [0, 0.1) is 23.2 Å². The van der Waals surface area contributed by atoms with E-state index >= 15 is 0 Å². The number of hydrogen-bond donors (Lipinski definition) is 0. The van der Waals surface area contributed by atoms with Crippen LogP contribution in [0.2, 0.25) is 0 Å². The molecule has 5 heteroatoms. The second-order valence-electron chi connectivity index (χ2n) is 3.96. The molecule has 0 N–H and O–H groups in total. The summed E-state index contributed by atoms with van der Waals surface area (Å²) in [4.78, 5) is 1.57. The molecule has 2 nitrogen and oxygen atoms in total. The van der Waals surface area contributed by atoms with Gasteiger partial charge in [-0.1, -0.05) is 20.3 Å². The zero-order chi connectivity index (χ0) is 12.1. The number of hydrogen-bond acceptors (Lipinski definition) is 2. The minimum absolute atomic E-state index is 0.246. The Bertz CT molecular complexity index is 220. The molecule has 0 saturated heterocycles. The molecule has 0 rings (SSSR count). The lowest BCUT2D eigenvalue weighted by molar-refractivity contribution is -0.162. The molecule has 0 spiro atoms. The molecule has 0 aliphatic rings. The van der Waals surface area contributed by atoms with Crippen molar-refractivity contribution in [3.8, 4) is 6.07 Å². The number of nitrogens with zero attached hydrogens (tertiary/aromatic N) is 2. The number of halogens is 3. The monoisotopic (exact) mass is 222 g/mol. The minimum Gasteiger partial charge on any atom is -0.304 e. The van der Waals surface area contributed by atoms with Gasteiger partial charge >= 0.3 is 6.18 Å². The van der Waals surface area contributed by atoms with E-state index in [9.17, 15) is 13.2 Å². The van der Waals surface area contributed by atoms with Gasteiger partial charge in [-0.25, -0.2) is 0 Å². The van der Waals surface area contributed by atoms with Crippen molar-refractivity contribution < 1.29 is 13.2 Å². The fourth-order valence-electron chi connectivity index (χ4n) is 1.26. The highest BCUT2D eigenvalue weighted by Crippen LogP contribution is 2.26. The minimum atomic E-state index is -4.42. The Morgan fingerprint density at radius 3 is 2.20 bits per heavy atom. The molecule has 0 aromatic heterocycles. The van der Waals surface area contributed by atoms with Gasteiger partial charge in [-0.3, -0.25) is 0 Å². The van der Waals surface area contributed by atoms with E-state index in [4.69, 9.17) is 5.26 Å². The summed E-state index contributed by atoms with van der Waals surface area (Å²) in [5.74, 6) is -1.53. The molecule has 0 radical (unpaired) electrons. The predicted octanol–water partition coefficient (Wildman–Crippen LogP) is 2.67. The molecule has 0 aliphatic carbocycles. The molecule has 0 aromatic carbocycles. The molecule has 0 saturated carbocycles. The highest BCUT2D eigenvalue weighted by Gasteiger charge is 2.40. The van der Waals surface area contributed by atoms with Gasteiger partial charge < -0.3 is 4.90 Å². The first-order valence-electron chi connectivity index (χ1n) is 4.96. The third-order valence-electron chi connectivity index (χ3n) is 2.37. The van der Waals surface area contributed by atoms with Crippen LogP contribution in [0.5, 0.6) is 0 Å². The summed E-state index contributed by atoms with van der Waals surface area (Å²) in [7, 11) is 1.61. The summed E-state index contributed by atoms with van der Waals surface area (Å²) in [5.41, 5.74) is 0. The van der Waals surface area contributed by atoms with Crippen molar-refractivity contribution in [1.82, 2.24) is 4.90 Å². The Hall–Kier alpha value is -0.760. The van der Waals surface area contributed by atoms with Crippen LogP contribution in [-0.2, 0) is 0 Å². The summed E-state index contributed by atoms with van der Waals surface area (Å²) >= 11 is 0. The van der Waals surface area contributed by atoms with Gasteiger partial charge in [-0.05, 0) is 13.0 Å². The Balaban J connectivity index is 4.15. The van der Waals surface area contributed by atoms with E-state index in [1.165, 1.54) is 6.07 Å². The van der Waals surface area contributed by atoms with Gasteiger partial charge in [0.25, 0.3) is 0 Å². The van der Waals surface area contributed by atoms with Crippen LogP contribution < -0.4 is 0 Å². The summed E-state index contributed by atoms with van der Waals surface area (Å²) < 4.78 is 36.8. The third-order valence-corrected chi connectivity index (χ3v) is 2.37. The Morgan fingerprint density at radius 1 is 1.33 bits per heavy atom. The quantitative estimate of drug-likeness (QED) is 0.715. The molecular formula is C10H17F3N2. The molecule has 2 atom stereocenters. The van der Waals surface area contributed by atoms with Crippen molar-refractivity contribution in [3.63, 3.8) is 0 Å². The van der Waals surface area contributed by atoms with Crippen molar-refractivity contribution in [2.45, 2.75) is 26.4 Å².